The summed E-state index contributed by atoms with van der Waals surface area (Å²) in [7, 11) is 14.0. The summed E-state index contributed by atoms with van der Waals surface area (Å²) in [5, 5.41) is 17.8. The molecule has 576 valence electrons. The van der Waals surface area contributed by atoms with E-state index in [2.05, 4.69) is 35.3 Å². The predicted octanol–water partition coefficient (Wildman–Crippen LogP) is 15.8. The molecule has 12 aromatic rings. The van der Waals surface area contributed by atoms with Crippen molar-refractivity contribution in [2.24, 2.45) is 28.2 Å². The second-order valence-corrected chi connectivity index (χ2v) is 27.5. The average molecular weight is 1570 g/mol. The van der Waals surface area contributed by atoms with Crippen molar-refractivity contribution in [1.29, 1.82) is 0 Å². The third-order valence-corrected chi connectivity index (χ3v) is 19.1. The molecule has 12 rings (SSSR count). The van der Waals surface area contributed by atoms with Gasteiger partial charge in [-0.25, -0.2) is 4.39 Å². The van der Waals surface area contributed by atoms with Crippen LogP contribution in [-0.4, -0.2) is 129 Å². The van der Waals surface area contributed by atoms with Crippen molar-refractivity contribution in [2.45, 2.75) is 79.1 Å². The van der Waals surface area contributed by atoms with Gasteiger partial charge in [-0.05, 0) is 113 Å². The molecule has 0 aliphatic heterocycles. The van der Waals surface area contributed by atoms with Gasteiger partial charge in [0.15, 0.2) is 23.1 Å². The van der Waals surface area contributed by atoms with E-state index in [0.717, 1.165) is 67.1 Å². The van der Waals surface area contributed by atoms with Crippen molar-refractivity contribution < 1.29 is 42.7 Å². The van der Waals surface area contributed by atoms with Crippen molar-refractivity contribution in [2.75, 3.05) is 47.8 Å². The molecule has 27 heteroatoms. The van der Waals surface area contributed by atoms with Crippen LogP contribution in [0.3, 0.4) is 0 Å². The fourth-order valence-electron chi connectivity index (χ4n) is 11.7. The molecule has 4 amide bonds. The molecule has 112 heavy (non-hydrogen) atoms. The number of aryl methyl sites for hydroxylation is 4. The van der Waals surface area contributed by atoms with Gasteiger partial charge < -0.3 is 19.6 Å². The first-order valence-electron chi connectivity index (χ1n) is 35.8. The number of carbonyl (C=O) groups is 8. The lowest BCUT2D eigenvalue weighted by Crippen LogP contribution is -2.25. The fourth-order valence-corrected chi connectivity index (χ4v) is 12.5. The number of ketones is 4. The summed E-state index contributed by atoms with van der Waals surface area (Å²) in [6.45, 7) is 7.21. The maximum Gasteiger partial charge on any atom is 0.226 e. The van der Waals surface area contributed by atoms with Crippen LogP contribution in [0.15, 0.2) is 202 Å². The zero-order valence-corrected chi connectivity index (χ0v) is 66.5. The third-order valence-electron chi connectivity index (χ3n) is 18.2. The number of nitrogens with zero attached hydrogens (tertiary/aromatic N) is 15. The Bertz CT molecular complexity index is 4710. The molecule has 0 unspecified atom stereocenters. The molecule has 0 aliphatic carbocycles. The highest BCUT2D eigenvalue weighted by Gasteiger charge is 2.20. The molecule has 7 aromatic heterocycles. The Kier molecular flexibility index (Phi) is 29.1. The van der Waals surface area contributed by atoms with Crippen LogP contribution in [0.25, 0.3) is 44.6 Å². The molecule has 7 heterocycles. The van der Waals surface area contributed by atoms with E-state index in [0.29, 0.717) is 92.2 Å². The minimum atomic E-state index is -0.454. The molecule has 23 nitrogen and oxygen atoms in total. The number of benzene rings is 5. The molecule has 0 fully saturated rings. The van der Waals surface area contributed by atoms with Crippen molar-refractivity contribution in [3.05, 3.63) is 267 Å². The van der Waals surface area contributed by atoms with Crippen LogP contribution in [0.1, 0.15) is 117 Å². The van der Waals surface area contributed by atoms with E-state index < -0.39 is 5.82 Å². The van der Waals surface area contributed by atoms with Gasteiger partial charge in [0.1, 0.15) is 17.2 Å². The fraction of sp³-hybridized carbons (Fsp3) is 0.235. The number of amides is 4. The van der Waals surface area contributed by atoms with Crippen LogP contribution >= 0.6 is 34.8 Å². The lowest BCUT2D eigenvalue weighted by molar-refractivity contribution is -0.118. The standard InChI is InChI=1S/C22H22ClN3O2.2C21H21ClN4O2.C21H21FN4O2/c1-4-22(28)26(3)18-9-10-19(20(23)12-18)16-5-7-17(8-6-16)21(27)11-15-13-24-25(2)14-15;1-4-21(28)26(3)16-6-7-17(18(22)10-16)19-8-5-15(12-23-19)20(27)9-14-11-24-25(2)13-14;2*1-4-21(28)26(3)16-6-7-17(18(22)10-16)15-5-8-19(23-12-15)20(27)9-14-11-24-25(2)13-14/h5-10,12-14H,4,11H2,1-3H3;3*5-8,10-13H,4,9H2,1-3H3. The number of hydrogen-bond acceptors (Lipinski definition) is 15. The van der Waals surface area contributed by atoms with Gasteiger partial charge >= 0.3 is 0 Å². The van der Waals surface area contributed by atoms with E-state index in [4.69, 9.17) is 34.8 Å². The van der Waals surface area contributed by atoms with E-state index in [9.17, 15) is 42.7 Å². The second kappa shape index (κ2) is 38.9. The number of pyridine rings is 3. The van der Waals surface area contributed by atoms with Crippen molar-refractivity contribution in [3.63, 3.8) is 0 Å². The summed E-state index contributed by atoms with van der Waals surface area (Å²) in [5.74, 6) is -0.667. The van der Waals surface area contributed by atoms with E-state index >= 15 is 0 Å². The number of carbonyl (C=O) groups excluding carboxylic acids is 8. The molecule has 0 saturated carbocycles. The van der Waals surface area contributed by atoms with Crippen LogP contribution < -0.4 is 19.6 Å². The Morgan fingerprint density at radius 3 is 0.964 bits per heavy atom. The first kappa shape index (κ1) is 83.8. The predicted molar refractivity (Wildman–Crippen MR) is 436 cm³/mol. The second-order valence-electron chi connectivity index (χ2n) is 26.2. The summed E-state index contributed by atoms with van der Waals surface area (Å²) in [4.78, 5) is 116. The van der Waals surface area contributed by atoms with Gasteiger partial charge in [-0.15, -0.1) is 0 Å². The molecular formula is C85H85Cl3FN15O8. The Labute approximate surface area is 664 Å². The number of Topliss-reactive ketones (excluding diaryl/α,β-unsaturated/α-hetero) is 4. The monoisotopic (exact) mass is 1570 g/mol. The van der Waals surface area contributed by atoms with Gasteiger partial charge in [0, 0.05) is 218 Å². The Morgan fingerprint density at radius 2 is 0.652 bits per heavy atom. The summed E-state index contributed by atoms with van der Waals surface area (Å²) in [6.07, 6.45) is 21.3. The lowest BCUT2D eigenvalue weighted by atomic mass is 10.00. The summed E-state index contributed by atoms with van der Waals surface area (Å²) in [5.41, 5.74) is 13.7. The van der Waals surface area contributed by atoms with Gasteiger partial charge in [-0.1, -0.05) is 111 Å². The average Bonchev–Trinajstić information content (AvgIpc) is 1.78. The Balaban J connectivity index is 0.000000171. The first-order valence-corrected chi connectivity index (χ1v) is 37.0. The number of aromatic nitrogens is 11. The SMILES string of the molecule is CCC(=O)N(C)c1ccc(-c2ccc(C(=O)Cc3cnn(C)c3)cc2)c(Cl)c1.CCC(=O)N(C)c1ccc(-c2ccc(C(=O)Cc3cnn(C)c3)cn2)c(Cl)c1.CCC(=O)N(C)c1ccc(-c2ccc(C(=O)Cc3cnn(C)c3)nc2)c(Cl)c1.CCC(=O)N(C)c1ccc(-c2ccc(C(=O)Cc3cnn(C)c3)nc2)c(F)c1. The summed E-state index contributed by atoms with van der Waals surface area (Å²) >= 11 is 19.3. The molecule has 0 atom stereocenters. The molecule has 0 saturated heterocycles. The van der Waals surface area contributed by atoms with Crippen molar-refractivity contribution in [1.82, 2.24) is 54.1 Å². The van der Waals surface area contributed by atoms with Crippen LogP contribution in [-0.2, 0) is 73.1 Å². The zero-order chi connectivity index (χ0) is 81.0. The maximum atomic E-state index is 14.6. The normalized spacial score (nSPS) is 10.7. The smallest absolute Gasteiger partial charge is 0.226 e. The van der Waals surface area contributed by atoms with Gasteiger partial charge in [-0.2, -0.15) is 20.4 Å². The van der Waals surface area contributed by atoms with Gasteiger partial charge in [-0.3, -0.25) is 72.0 Å². The molecule has 0 N–H and O–H groups in total. The maximum absolute atomic E-state index is 14.6. The van der Waals surface area contributed by atoms with E-state index in [1.54, 1.807) is 180 Å². The number of rotatable bonds is 24. The summed E-state index contributed by atoms with van der Waals surface area (Å²) in [6, 6.07) is 38.7. The highest BCUT2D eigenvalue weighted by Crippen LogP contribution is 2.35. The van der Waals surface area contributed by atoms with Crippen LogP contribution in [0.4, 0.5) is 27.1 Å². The molecule has 0 radical (unpaired) electrons. The summed E-state index contributed by atoms with van der Waals surface area (Å²) < 4.78 is 21.2. The minimum Gasteiger partial charge on any atom is -0.315 e. The Morgan fingerprint density at radius 1 is 0.339 bits per heavy atom. The highest BCUT2D eigenvalue weighted by atomic mass is 35.5. The minimum absolute atomic E-state index is 0.0124. The van der Waals surface area contributed by atoms with Crippen LogP contribution in [0.5, 0.6) is 0 Å². The highest BCUT2D eigenvalue weighted by molar-refractivity contribution is 6.34. The third kappa shape index (κ3) is 22.0. The number of hydrogen-bond donors (Lipinski definition) is 0. The first-order chi connectivity index (χ1) is 53.5. The van der Waals surface area contributed by atoms with Gasteiger partial charge in [0.25, 0.3) is 0 Å². The molecular weight excluding hydrogens is 1480 g/mol. The van der Waals surface area contributed by atoms with Crippen LogP contribution in [0, 0.1) is 5.82 Å². The van der Waals surface area contributed by atoms with Crippen LogP contribution in [0.2, 0.25) is 15.1 Å². The van der Waals surface area contributed by atoms with Crippen molar-refractivity contribution in [3.8, 4) is 44.6 Å². The molecule has 0 bridgehead atoms. The number of anilines is 4. The van der Waals surface area contributed by atoms with E-state index in [-0.39, 0.29) is 66.0 Å². The van der Waals surface area contributed by atoms with E-state index in [1.165, 1.54) is 17.2 Å². The van der Waals surface area contributed by atoms with Gasteiger partial charge in [0.05, 0.1) is 45.5 Å². The molecule has 0 spiro atoms. The number of halogens is 4. The molecule has 0 aliphatic rings. The van der Waals surface area contributed by atoms with E-state index in [1.807, 2.05) is 127 Å². The topological polar surface area (TPSA) is 259 Å². The zero-order valence-electron chi connectivity index (χ0n) is 64.2. The Hall–Kier alpha value is -12.3. The van der Waals surface area contributed by atoms with Gasteiger partial charge in [0.2, 0.25) is 23.6 Å². The van der Waals surface area contributed by atoms with Crippen molar-refractivity contribution >= 4 is 104 Å². The molecule has 5 aromatic carbocycles. The lowest BCUT2D eigenvalue weighted by Gasteiger charge is -2.17. The quantitative estimate of drug-likeness (QED) is 0.0509. The largest absolute Gasteiger partial charge is 0.315 e.